The minimum atomic E-state index is -0.263. The molecule has 0 radical (unpaired) electrons. The molecule has 0 fully saturated rings. The molecule has 0 spiro atoms. The maximum atomic E-state index is 11.9. The molecule has 2 aromatic rings. The van der Waals surface area contributed by atoms with Crippen LogP contribution in [0.25, 0.3) is 0 Å². The monoisotopic (exact) mass is 245 g/mol. The molecule has 1 aromatic carbocycles. The second kappa shape index (κ2) is 4.06. The van der Waals surface area contributed by atoms with Gasteiger partial charge >= 0.3 is 0 Å². The number of fused-ring (bicyclic) bond motifs is 1. The van der Waals surface area contributed by atoms with Gasteiger partial charge in [0.2, 0.25) is 6.79 Å². The Labute approximate surface area is 103 Å². The number of aryl methyl sites for hydroxylation is 1. The van der Waals surface area contributed by atoms with Crippen LogP contribution in [0, 0.1) is 0 Å². The van der Waals surface area contributed by atoms with Gasteiger partial charge < -0.3 is 19.4 Å². The predicted molar refractivity (Wildman–Crippen MR) is 63.7 cm³/mol. The van der Waals surface area contributed by atoms with E-state index in [1.807, 2.05) is 0 Å². The lowest BCUT2D eigenvalue weighted by Crippen LogP contribution is -2.16. The van der Waals surface area contributed by atoms with Crippen LogP contribution in [-0.4, -0.2) is 22.3 Å². The van der Waals surface area contributed by atoms with Crippen molar-refractivity contribution in [3.05, 3.63) is 36.4 Å². The fraction of sp³-hybridized carbons (Fsp3) is 0.167. The highest BCUT2D eigenvalue weighted by Gasteiger charge is 2.15. The first-order valence-corrected chi connectivity index (χ1v) is 5.42. The maximum Gasteiger partial charge on any atom is 0.291 e. The first-order valence-electron chi connectivity index (χ1n) is 5.42. The van der Waals surface area contributed by atoms with E-state index in [2.05, 4.69) is 10.3 Å². The van der Waals surface area contributed by atoms with E-state index in [0.717, 1.165) is 0 Å². The molecule has 0 bridgehead atoms. The first kappa shape index (κ1) is 10.6. The third-order valence-electron chi connectivity index (χ3n) is 2.65. The van der Waals surface area contributed by atoms with E-state index >= 15 is 0 Å². The Balaban J connectivity index is 1.81. The molecule has 18 heavy (non-hydrogen) atoms. The molecule has 6 heteroatoms. The standard InChI is InChI=1S/C12H11N3O3/c1-15-5-4-13-11(15)12(16)14-8-2-3-9-10(6-8)18-7-17-9/h2-6H,7H2,1H3,(H,14,16). The van der Waals surface area contributed by atoms with Gasteiger partial charge in [-0.2, -0.15) is 0 Å². The highest BCUT2D eigenvalue weighted by molar-refractivity contribution is 6.01. The summed E-state index contributed by atoms with van der Waals surface area (Å²) in [5.41, 5.74) is 0.646. The van der Waals surface area contributed by atoms with Gasteiger partial charge in [0.1, 0.15) is 0 Å². The number of anilines is 1. The summed E-state index contributed by atoms with van der Waals surface area (Å²) in [4.78, 5) is 15.9. The van der Waals surface area contributed by atoms with Crippen LogP contribution < -0.4 is 14.8 Å². The lowest BCUT2D eigenvalue weighted by Gasteiger charge is -2.05. The zero-order valence-corrected chi connectivity index (χ0v) is 9.71. The van der Waals surface area contributed by atoms with E-state index in [0.29, 0.717) is 23.0 Å². The average molecular weight is 245 g/mol. The van der Waals surface area contributed by atoms with Gasteiger partial charge in [0.05, 0.1) is 0 Å². The molecule has 92 valence electrons. The molecule has 1 amide bonds. The van der Waals surface area contributed by atoms with Crippen molar-refractivity contribution in [1.29, 1.82) is 0 Å². The Bertz CT molecular complexity index is 606. The van der Waals surface area contributed by atoms with Crippen molar-refractivity contribution in [2.24, 2.45) is 7.05 Å². The van der Waals surface area contributed by atoms with Crippen molar-refractivity contribution in [2.75, 3.05) is 12.1 Å². The number of rotatable bonds is 2. The topological polar surface area (TPSA) is 65.4 Å². The average Bonchev–Trinajstić information content (AvgIpc) is 2.96. The van der Waals surface area contributed by atoms with E-state index in [1.54, 1.807) is 42.2 Å². The summed E-state index contributed by atoms with van der Waals surface area (Å²) >= 11 is 0. The van der Waals surface area contributed by atoms with Gasteiger partial charge in [-0.05, 0) is 12.1 Å². The second-order valence-corrected chi connectivity index (χ2v) is 3.88. The Hall–Kier alpha value is -2.50. The summed E-state index contributed by atoms with van der Waals surface area (Å²) < 4.78 is 12.1. The molecule has 1 aliphatic rings. The number of aromatic nitrogens is 2. The van der Waals surface area contributed by atoms with E-state index in [1.165, 1.54) is 0 Å². The van der Waals surface area contributed by atoms with E-state index in [9.17, 15) is 4.79 Å². The molecule has 1 aromatic heterocycles. The SMILES string of the molecule is Cn1ccnc1C(=O)Nc1ccc2c(c1)OCO2. The van der Waals surface area contributed by atoms with Crippen molar-refractivity contribution in [1.82, 2.24) is 9.55 Å². The van der Waals surface area contributed by atoms with Crippen LogP contribution in [0.2, 0.25) is 0 Å². The highest BCUT2D eigenvalue weighted by Crippen LogP contribution is 2.34. The van der Waals surface area contributed by atoms with Crippen LogP contribution >= 0.6 is 0 Å². The lowest BCUT2D eigenvalue weighted by atomic mass is 10.2. The third-order valence-corrected chi connectivity index (χ3v) is 2.65. The summed E-state index contributed by atoms with van der Waals surface area (Å²) in [7, 11) is 1.77. The first-order chi connectivity index (χ1) is 8.74. The molecule has 1 N–H and O–H groups in total. The van der Waals surface area contributed by atoms with Gasteiger partial charge in [0.25, 0.3) is 5.91 Å². The van der Waals surface area contributed by atoms with Gasteiger partial charge in [-0.25, -0.2) is 4.98 Å². The highest BCUT2D eigenvalue weighted by atomic mass is 16.7. The zero-order valence-electron chi connectivity index (χ0n) is 9.71. The summed E-state index contributed by atoms with van der Waals surface area (Å²) in [5.74, 6) is 1.41. The molecule has 0 aliphatic carbocycles. The minimum Gasteiger partial charge on any atom is -0.454 e. The van der Waals surface area contributed by atoms with Crippen LogP contribution in [0.3, 0.4) is 0 Å². The van der Waals surface area contributed by atoms with E-state index in [4.69, 9.17) is 9.47 Å². The summed E-state index contributed by atoms with van der Waals surface area (Å²) in [5, 5.41) is 2.76. The van der Waals surface area contributed by atoms with Crippen molar-refractivity contribution in [3.63, 3.8) is 0 Å². The van der Waals surface area contributed by atoms with E-state index < -0.39 is 0 Å². The van der Waals surface area contributed by atoms with Gasteiger partial charge in [-0.15, -0.1) is 0 Å². The molecule has 6 nitrogen and oxygen atoms in total. The third kappa shape index (κ3) is 1.77. The molecular weight excluding hydrogens is 234 g/mol. The Kier molecular flexibility index (Phi) is 2.40. The Morgan fingerprint density at radius 2 is 2.22 bits per heavy atom. The number of ether oxygens (including phenoxy) is 2. The van der Waals surface area contributed by atoms with Crippen LogP contribution in [0.5, 0.6) is 11.5 Å². The predicted octanol–water partition coefficient (Wildman–Crippen LogP) is 1.40. The fourth-order valence-electron chi connectivity index (χ4n) is 1.75. The van der Waals surface area contributed by atoms with Gasteiger partial charge in [0, 0.05) is 31.2 Å². The summed E-state index contributed by atoms with van der Waals surface area (Å²) in [6.07, 6.45) is 3.29. The van der Waals surface area contributed by atoms with Crippen molar-refractivity contribution < 1.29 is 14.3 Å². The van der Waals surface area contributed by atoms with Crippen molar-refractivity contribution >= 4 is 11.6 Å². The molecule has 1 aliphatic heterocycles. The number of benzene rings is 1. The van der Waals surface area contributed by atoms with Crippen LogP contribution in [0.15, 0.2) is 30.6 Å². The molecule has 0 saturated heterocycles. The summed E-state index contributed by atoms with van der Waals surface area (Å²) in [6.45, 7) is 0.214. The second-order valence-electron chi connectivity index (χ2n) is 3.88. The molecule has 0 saturated carbocycles. The fourth-order valence-corrected chi connectivity index (χ4v) is 1.75. The largest absolute Gasteiger partial charge is 0.454 e. The smallest absolute Gasteiger partial charge is 0.291 e. The lowest BCUT2D eigenvalue weighted by molar-refractivity contribution is 0.101. The Morgan fingerprint density at radius 1 is 1.39 bits per heavy atom. The number of hydrogen-bond acceptors (Lipinski definition) is 4. The summed E-state index contributed by atoms with van der Waals surface area (Å²) in [6, 6.07) is 5.24. The van der Waals surface area contributed by atoms with Crippen LogP contribution in [-0.2, 0) is 7.05 Å². The van der Waals surface area contributed by atoms with Crippen molar-refractivity contribution in [3.8, 4) is 11.5 Å². The van der Waals surface area contributed by atoms with E-state index in [-0.39, 0.29) is 12.7 Å². The number of imidazole rings is 1. The molecular formula is C12H11N3O3. The number of carbonyl (C=O) groups is 1. The number of nitrogens with one attached hydrogen (secondary N) is 1. The van der Waals surface area contributed by atoms with Crippen molar-refractivity contribution in [2.45, 2.75) is 0 Å². The number of amides is 1. The van der Waals surface area contributed by atoms with Gasteiger partial charge in [0.15, 0.2) is 17.3 Å². The zero-order chi connectivity index (χ0) is 12.5. The number of nitrogens with zero attached hydrogens (tertiary/aromatic N) is 2. The van der Waals surface area contributed by atoms with Crippen LogP contribution in [0.4, 0.5) is 5.69 Å². The molecule has 0 atom stereocenters. The number of hydrogen-bond donors (Lipinski definition) is 1. The molecule has 2 heterocycles. The maximum absolute atomic E-state index is 11.9. The number of carbonyl (C=O) groups excluding carboxylic acids is 1. The van der Waals surface area contributed by atoms with Gasteiger partial charge in [-0.1, -0.05) is 0 Å². The quantitative estimate of drug-likeness (QED) is 0.868. The van der Waals surface area contributed by atoms with Crippen LogP contribution in [0.1, 0.15) is 10.6 Å². The molecule has 0 unspecified atom stereocenters. The Morgan fingerprint density at radius 3 is 3.00 bits per heavy atom. The normalized spacial score (nSPS) is 12.5. The molecule has 3 rings (SSSR count). The van der Waals surface area contributed by atoms with Gasteiger partial charge in [-0.3, -0.25) is 4.79 Å². The minimum absolute atomic E-state index is 0.214.